The van der Waals surface area contributed by atoms with Crippen LogP contribution in [0.4, 0.5) is 0 Å². The zero-order valence-electron chi connectivity index (χ0n) is 13.6. The van der Waals surface area contributed by atoms with Gasteiger partial charge in [-0.15, -0.1) is 0 Å². The fourth-order valence-corrected chi connectivity index (χ4v) is 4.31. The van der Waals surface area contributed by atoms with E-state index in [1.165, 1.54) is 0 Å². The third-order valence-electron chi connectivity index (χ3n) is 5.20. The zero-order valence-corrected chi connectivity index (χ0v) is 14.3. The third kappa shape index (κ3) is 2.61. The summed E-state index contributed by atoms with van der Waals surface area (Å²) in [6.07, 6.45) is 4.87. The molecular formula is C18H17ClN2O4. The number of amides is 3. The number of hydrazine groups is 1. The Hall–Kier alpha value is -2.34. The lowest BCUT2D eigenvalue weighted by Crippen LogP contribution is -2.48. The Morgan fingerprint density at radius 2 is 1.88 bits per heavy atom. The van der Waals surface area contributed by atoms with Crippen molar-refractivity contribution in [3.63, 3.8) is 0 Å². The number of nitrogens with one attached hydrogen (secondary N) is 1. The SMILES string of the molecule is Cc1cc(Cl)ccc1OCC(=O)NN1C(=O)[C@@H]2[C@@H](C1=O)[C@H]1C=C[C@H]2C1. The minimum Gasteiger partial charge on any atom is -0.483 e. The van der Waals surface area contributed by atoms with Gasteiger partial charge < -0.3 is 4.74 Å². The number of benzene rings is 1. The van der Waals surface area contributed by atoms with E-state index in [1.807, 2.05) is 19.1 Å². The van der Waals surface area contributed by atoms with Crippen LogP contribution in [-0.2, 0) is 14.4 Å². The lowest BCUT2D eigenvalue weighted by atomic mass is 9.85. The quantitative estimate of drug-likeness (QED) is 0.657. The highest BCUT2D eigenvalue weighted by molar-refractivity contribution is 6.30. The lowest BCUT2D eigenvalue weighted by Gasteiger charge is -2.18. The molecule has 0 spiro atoms. The monoisotopic (exact) mass is 360 g/mol. The van der Waals surface area contributed by atoms with E-state index in [0.717, 1.165) is 17.0 Å². The van der Waals surface area contributed by atoms with Gasteiger partial charge in [-0.2, -0.15) is 5.01 Å². The molecule has 3 aliphatic rings. The first-order valence-corrected chi connectivity index (χ1v) is 8.58. The summed E-state index contributed by atoms with van der Waals surface area (Å²) in [6, 6.07) is 5.07. The minimum atomic E-state index is -0.545. The van der Waals surface area contributed by atoms with Crippen LogP contribution in [0.15, 0.2) is 30.4 Å². The first kappa shape index (κ1) is 16.1. The molecule has 2 fully saturated rings. The number of halogens is 1. The Labute approximate surface area is 149 Å². The molecule has 0 aromatic heterocycles. The molecule has 1 heterocycles. The standard InChI is InChI=1S/C18H17ClN2O4/c1-9-6-12(19)4-5-13(9)25-8-14(22)20-21-17(23)15-10-2-3-11(7-10)16(15)18(21)24/h2-6,10-11,15-16H,7-8H2,1H3,(H,20,22)/t10-,11-,15-,16-/m0/s1. The first-order chi connectivity index (χ1) is 12.0. The summed E-state index contributed by atoms with van der Waals surface area (Å²) in [7, 11) is 0. The number of allylic oxidation sites excluding steroid dienone is 2. The smallest absolute Gasteiger partial charge is 0.276 e. The Balaban J connectivity index is 1.38. The summed E-state index contributed by atoms with van der Waals surface area (Å²) in [4.78, 5) is 37.1. The van der Waals surface area contributed by atoms with E-state index >= 15 is 0 Å². The molecule has 1 saturated heterocycles. The van der Waals surface area contributed by atoms with Gasteiger partial charge in [0.05, 0.1) is 11.8 Å². The first-order valence-electron chi connectivity index (χ1n) is 8.20. The summed E-state index contributed by atoms with van der Waals surface area (Å²) in [5, 5.41) is 1.46. The number of carbonyl (C=O) groups excluding carboxylic acids is 3. The topological polar surface area (TPSA) is 75.7 Å². The number of fused-ring (bicyclic) bond motifs is 5. The number of hydrogen-bond acceptors (Lipinski definition) is 4. The average molecular weight is 361 g/mol. The highest BCUT2D eigenvalue weighted by atomic mass is 35.5. The van der Waals surface area contributed by atoms with Crippen LogP contribution in [0.25, 0.3) is 0 Å². The Morgan fingerprint density at radius 1 is 1.24 bits per heavy atom. The van der Waals surface area contributed by atoms with Gasteiger partial charge in [-0.1, -0.05) is 23.8 Å². The maximum Gasteiger partial charge on any atom is 0.276 e. The van der Waals surface area contributed by atoms with E-state index in [2.05, 4.69) is 5.43 Å². The normalized spacial score (nSPS) is 29.3. The number of hydrogen-bond donors (Lipinski definition) is 1. The molecule has 7 heteroatoms. The maximum absolute atomic E-state index is 12.5. The van der Waals surface area contributed by atoms with E-state index in [4.69, 9.17) is 16.3 Å². The molecule has 25 heavy (non-hydrogen) atoms. The van der Waals surface area contributed by atoms with Crippen molar-refractivity contribution in [1.82, 2.24) is 10.4 Å². The van der Waals surface area contributed by atoms with Crippen LogP contribution in [0.2, 0.25) is 5.02 Å². The van der Waals surface area contributed by atoms with Crippen molar-refractivity contribution in [2.24, 2.45) is 23.7 Å². The van der Waals surface area contributed by atoms with Crippen LogP contribution in [0, 0.1) is 30.6 Å². The Morgan fingerprint density at radius 3 is 2.48 bits per heavy atom. The van der Waals surface area contributed by atoms with Crippen molar-refractivity contribution < 1.29 is 19.1 Å². The average Bonchev–Trinajstić information content (AvgIpc) is 3.24. The molecule has 4 rings (SSSR count). The van der Waals surface area contributed by atoms with Gasteiger partial charge >= 0.3 is 0 Å². The van der Waals surface area contributed by atoms with Crippen molar-refractivity contribution in [2.45, 2.75) is 13.3 Å². The number of rotatable bonds is 4. The summed E-state index contributed by atoms with van der Waals surface area (Å²) in [5.41, 5.74) is 3.19. The zero-order chi connectivity index (χ0) is 17.7. The number of carbonyl (C=O) groups is 3. The maximum atomic E-state index is 12.5. The van der Waals surface area contributed by atoms with Gasteiger partial charge in [0, 0.05) is 5.02 Å². The van der Waals surface area contributed by atoms with Crippen LogP contribution in [0.5, 0.6) is 5.75 Å². The minimum absolute atomic E-state index is 0.112. The van der Waals surface area contributed by atoms with Crippen LogP contribution >= 0.6 is 11.6 Å². The van der Waals surface area contributed by atoms with E-state index < -0.39 is 5.91 Å². The van der Waals surface area contributed by atoms with Gasteiger partial charge in [0.2, 0.25) is 0 Å². The second-order valence-corrected chi connectivity index (χ2v) is 7.18. The molecule has 1 aromatic rings. The summed E-state index contributed by atoms with van der Waals surface area (Å²) < 4.78 is 5.45. The van der Waals surface area contributed by atoms with Crippen molar-refractivity contribution in [2.75, 3.05) is 6.61 Å². The second kappa shape index (κ2) is 5.88. The highest BCUT2D eigenvalue weighted by Gasteiger charge is 2.59. The fraction of sp³-hybridized carbons (Fsp3) is 0.389. The Kier molecular flexibility index (Phi) is 3.80. The predicted molar refractivity (Wildman–Crippen MR) is 89.4 cm³/mol. The molecule has 1 N–H and O–H groups in total. The van der Waals surface area contributed by atoms with Crippen molar-refractivity contribution in [3.8, 4) is 5.75 Å². The number of ether oxygens (including phenoxy) is 1. The van der Waals surface area contributed by atoms with E-state index in [-0.39, 0.29) is 42.1 Å². The number of imide groups is 1. The molecule has 3 amide bonds. The van der Waals surface area contributed by atoms with E-state index in [1.54, 1.807) is 18.2 Å². The van der Waals surface area contributed by atoms with Crippen molar-refractivity contribution >= 4 is 29.3 Å². The van der Waals surface area contributed by atoms with E-state index in [9.17, 15) is 14.4 Å². The molecule has 130 valence electrons. The van der Waals surface area contributed by atoms with Crippen molar-refractivity contribution in [3.05, 3.63) is 40.9 Å². The number of nitrogens with zero attached hydrogens (tertiary/aromatic N) is 1. The number of aryl methyl sites for hydroxylation is 1. The van der Waals surface area contributed by atoms with Gasteiger partial charge in [-0.25, -0.2) is 0 Å². The molecule has 1 saturated carbocycles. The summed E-state index contributed by atoms with van der Waals surface area (Å²) >= 11 is 5.88. The highest BCUT2D eigenvalue weighted by Crippen LogP contribution is 2.52. The molecular weight excluding hydrogens is 344 g/mol. The summed E-state index contributed by atoms with van der Waals surface area (Å²) in [5.74, 6) is -1.09. The van der Waals surface area contributed by atoms with E-state index in [0.29, 0.717) is 10.8 Å². The molecule has 6 nitrogen and oxygen atoms in total. The third-order valence-corrected chi connectivity index (χ3v) is 5.44. The van der Waals surface area contributed by atoms with Gasteiger partial charge in [0.15, 0.2) is 6.61 Å². The van der Waals surface area contributed by atoms with Gasteiger partial charge in [0.25, 0.3) is 17.7 Å². The molecule has 2 bridgehead atoms. The van der Waals surface area contributed by atoms with Crippen LogP contribution in [-0.4, -0.2) is 29.3 Å². The largest absolute Gasteiger partial charge is 0.483 e. The Bertz CT molecular complexity index is 776. The van der Waals surface area contributed by atoms with Gasteiger partial charge in [-0.05, 0) is 48.9 Å². The second-order valence-electron chi connectivity index (χ2n) is 6.75. The fourth-order valence-electron chi connectivity index (χ4n) is 4.09. The molecule has 1 aliphatic heterocycles. The van der Waals surface area contributed by atoms with Crippen LogP contribution in [0.1, 0.15) is 12.0 Å². The van der Waals surface area contributed by atoms with Gasteiger partial charge in [0.1, 0.15) is 5.75 Å². The molecule has 2 aliphatic carbocycles. The summed E-state index contributed by atoms with van der Waals surface area (Å²) in [6.45, 7) is 1.52. The van der Waals surface area contributed by atoms with Crippen molar-refractivity contribution in [1.29, 1.82) is 0 Å². The molecule has 0 unspecified atom stereocenters. The lowest BCUT2D eigenvalue weighted by molar-refractivity contribution is -0.150. The van der Waals surface area contributed by atoms with Crippen LogP contribution < -0.4 is 10.2 Å². The van der Waals surface area contributed by atoms with Gasteiger partial charge in [-0.3, -0.25) is 19.8 Å². The molecule has 4 atom stereocenters. The van der Waals surface area contributed by atoms with Crippen LogP contribution in [0.3, 0.4) is 0 Å². The molecule has 0 radical (unpaired) electrons. The molecule has 1 aromatic carbocycles. The predicted octanol–water partition coefficient (Wildman–Crippen LogP) is 1.87.